The number of carbonyl (C=O) groups is 2. The molecule has 1 aliphatic carbocycles. The van der Waals surface area contributed by atoms with Gasteiger partial charge in [0.25, 0.3) is 0 Å². The molecule has 0 spiro atoms. The van der Waals surface area contributed by atoms with Crippen LogP contribution >= 0.6 is 23.2 Å². The van der Waals surface area contributed by atoms with E-state index in [1.165, 1.54) is 0 Å². The molecule has 0 saturated heterocycles. The Hall–Kier alpha value is -0.600. The Morgan fingerprint density at radius 1 is 1.33 bits per heavy atom. The van der Waals surface area contributed by atoms with Crippen molar-refractivity contribution < 1.29 is 9.59 Å². The molecule has 0 radical (unpaired) electrons. The summed E-state index contributed by atoms with van der Waals surface area (Å²) in [6, 6.07) is 0. The first kappa shape index (κ1) is 12.5. The van der Waals surface area contributed by atoms with Crippen molar-refractivity contribution in [2.75, 3.05) is 0 Å². The maximum Gasteiger partial charge on any atom is 0.248 e. The fourth-order valence-corrected chi connectivity index (χ4v) is 2.04. The Kier molecular flexibility index (Phi) is 4.55. The Morgan fingerprint density at radius 3 is 2.53 bits per heavy atom. The van der Waals surface area contributed by atoms with Crippen LogP contribution in [0.5, 0.6) is 0 Å². The molecule has 0 amide bonds. The van der Waals surface area contributed by atoms with Crippen molar-refractivity contribution in [2.24, 2.45) is 5.92 Å². The molecule has 0 heterocycles. The summed E-state index contributed by atoms with van der Waals surface area (Å²) in [6.45, 7) is 1.85. The molecule has 0 saturated carbocycles. The van der Waals surface area contributed by atoms with Gasteiger partial charge in [0.1, 0.15) is 0 Å². The summed E-state index contributed by atoms with van der Waals surface area (Å²) in [5.41, 5.74) is 1.51. The minimum atomic E-state index is -0.422. The summed E-state index contributed by atoms with van der Waals surface area (Å²) < 4.78 is 0. The topological polar surface area (TPSA) is 34.1 Å². The Balaban J connectivity index is 2.83. The van der Waals surface area contributed by atoms with Crippen molar-refractivity contribution in [3.05, 3.63) is 23.3 Å². The lowest BCUT2D eigenvalue weighted by atomic mass is 9.92. The zero-order chi connectivity index (χ0) is 11.4. The van der Waals surface area contributed by atoms with E-state index in [1.54, 1.807) is 6.08 Å². The smallest absolute Gasteiger partial charge is 0.248 e. The lowest BCUT2D eigenvalue weighted by Gasteiger charge is -2.15. The highest BCUT2D eigenvalue weighted by Crippen LogP contribution is 2.25. The highest BCUT2D eigenvalue weighted by molar-refractivity contribution is 6.67. The predicted molar refractivity (Wildman–Crippen MR) is 60.9 cm³/mol. The largest absolute Gasteiger partial charge is 0.281 e. The van der Waals surface area contributed by atoms with Gasteiger partial charge in [0.05, 0.1) is 5.92 Å². The van der Waals surface area contributed by atoms with Crippen LogP contribution in [0.1, 0.15) is 26.2 Å². The third-order valence-electron chi connectivity index (χ3n) is 2.57. The van der Waals surface area contributed by atoms with Crippen molar-refractivity contribution >= 4 is 33.7 Å². The standard InChI is InChI=1S/C11H12Cl2O2/c1-7-5-6-8(10(12)14)3-2-4-9(7)11(13)15/h3,5,9H,2,4,6H2,1H3. The fourth-order valence-electron chi connectivity index (χ4n) is 1.60. The summed E-state index contributed by atoms with van der Waals surface area (Å²) in [7, 11) is 0. The predicted octanol–water partition coefficient (Wildman–Crippen LogP) is 3.19. The fraction of sp³-hybridized carbons (Fsp3) is 0.455. The summed E-state index contributed by atoms with van der Waals surface area (Å²) >= 11 is 10.9. The van der Waals surface area contributed by atoms with E-state index in [9.17, 15) is 9.59 Å². The highest BCUT2D eigenvalue weighted by Gasteiger charge is 2.19. The van der Waals surface area contributed by atoms with Crippen LogP contribution < -0.4 is 0 Å². The van der Waals surface area contributed by atoms with Crippen molar-refractivity contribution in [1.29, 1.82) is 0 Å². The molecule has 1 rings (SSSR count). The van der Waals surface area contributed by atoms with Gasteiger partial charge in [-0.2, -0.15) is 0 Å². The van der Waals surface area contributed by atoms with E-state index >= 15 is 0 Å². The van der Waals surface area contributed by atoms with Gasteiger partial charge in [-0.05, 0) is 49.4 Å². The van der Waals surface area contributed by atoms with E-state index in [4.69, 9.17) is 23.2 Å². The second kappa shape index (κ2) is 5.47. The molecule has 0 fully saturated rings. The molecule has 15 heavy (non-hydrogen) atoms. The van der Waals surface area contributed by atoms with Crippen LogP contribution in [0.15, 0.2) is 23.3 Å². The number of carbonyl (C=O) groups excluding carboxylic acids is 2. The summed E-state index contributed by atoms with van der Waals surface area (Å²) in [5, 5.41) is -0.757. The van der Waals surface area contributed by atoms with Crippen LogP contribution in [0.4, 0.5) is 0 Å². The third-order valence-corrected chi connectivity index (χ3v) is 3.07. The van der Waals surface area contributed by atoms with E-state index < -0.39 is 5.24 Å². The number of allylic oxidation sites excluding steroid dienone is 4. The lowest BCUT2D eigenvalue weighted by molar-refractivity contribution is -0.114. The van der Waals surface area contributed by atoms with Crippen LogP contribution in [-0.2, 0) is 9.59 Å². The van der Waals surface area contributed by atoms with Crippen LogP contribution in [0, 0.1) is 5.92 Å². The van der Waals surface area contributed by atoms with Crippen LogP contribution in [0.25, 0.3) is 0 Å². The monoisotopic (exact) mass is 246 g/mol. The van der Waals surface area contributed by atoms with Gasteiger partial charge >= 0.3 is 0 Å². The van der Waals surface area contributed by atoms with Crippen LogP contribution in [0.3, 0.4) is 0 Å². The van der Waals surface area contributed by atoms with Crippen molar-refractivity contribution in [1.82, 2.24) is 0 Å². The summed E-state index contributed by atoms with van der Waals surface area (Å²) in [6.07, 6.45) is 5.40. The molecule has 0 aliphatic heterocycles. The number of rotatable bonds is 2. The number of hydrogen-bond donors (Lipinski definition) is 0. The molecule has 2 nitrogen and oxygen atoms in total. The second-order valence-corrected chi connectivity index (χ2v) is 4.31. The van der Waals surface area contributed by atoms with Crippen LogP contribution in [0.2, 0.25) is 0 Å². The molecule has 1 atom stereocenters. The van der Waals surface area contributed by atoms with Crippen molar-refractivity contribution in [3.63, 3.8) is 0 Å². The number of halogens is 2. The molecule has 0 aromatic carbocycles. The normalized spacial score (nSPS) is 22.2. The lowest BCUT2D eigenvalue weighted by Crippen LogP contribution is -2.11. The Bertz CT molecular complexity index is 342. The molecule has 1 aliphatic rings. The molecule has 82 valence electrons. The van der Waals surface area contributed by atoms with Crippen molar-refractivity contribution in [3.8, 4) is 0 Å². The second-order valence-electron chi connectivity index (χ2n) is 3.59. The summed E-state index contributed by atoms with van der Waals surface area (Å²) in [5.74, 6) is -0.227. The molecular formula is C11H12Cl2O2. The van der Waals surface area contributed by atoms with Gasteiger partial charge in [0.2, 0.25) is 10.5 Å². The van der Waals surface area contributed by atoms with Gasteiger partial charge in [-0.3, -0.25) is 9.59 Å². The molecule has 4 heteroatoms. The quantitative estimate of drug-likeness (QED) is 0.554. The van der Waals surface area contributed by atoms with E-state index in [1.807, 2.05) is 13.0 Å². The Morgan fingerprint density at radius 2 is 2.00 bits per heavy atom. The molecule has 1 unspecified atom stereocenters. The van der Waals surface area contributed by atoms with Gasteiger partial charge in [-0.25, -0.2) is 0 Å². The maximum atomic E-state index is 11.1. The average Bonchev–Trinajstić information content (AvgIpc) is 2.10. The maximum absolute atomic E-state index is 11.1. The number of hydrogen-bond acceptors (Lipinski definition) is 2. The first-order valence-electron chi connectivity index (χ1n) is 4.77. The van der Waals surface area contributed by atoms with Gasteiger partial charge in [-0.15, -0.1) is 0 Å². The molecule has 0 bridgehead atoms. The first-order valence-corrected chi connectivity index (χ1v) is 5.53. The third kappa shape index (κ3) is 3.47. The summed E-state index contributed by atoms with van der Waals surface area (Å²) in [4.78, 5) is 22.1. The molecular weight excluding hydrogens is 235 g/mol. The van der Waals surface area contributed by atoms with E-state index in [-0.39, 0.29) is 11.2 Å². The first-order chi connectivity index (χ1) is 7.02. The van der Waals surface area contributed by atoms with Gasteiger partial charge in [0.15, 0.2) is 0 Å². The zero-order valence-electron chi connectivity index (χ0n) is 8.43. The van der Waals surface area contributed by atoms with Gasteiger partial charge < -0.3 is 0 Å². The highest BCUT2D eigenvalue weighted by atomic mass is 35.5. The Labute approximate surface area is 98.9 Å². The van der Waals surface area contributed by atoms with E-state index in [0.717, 1.165) is 5.57 Å². The molecule has 0 aromatic rings. The van der Waals surface area contributed by atoms with E-state index in [2.05, 4.69) is 0 Å². The SMILES string of the molecule is CC1=CCC(C(=O)Cl)=CCCC1C(=O)Cl. The van der Waals surface area contributed by atoms with E-state index in [0.29, 0.717) is 24.8 Å². The molecule has 0 aromatic heterocycles. The average molecular weight is 247 g/mol. The molecule has 0 N–H and O–H groups in total. The van der Waals surface area contributed by atoms with Gasteiger partial charge in [-0.1, -0.05) is 17.7 Å². The van der Waals surface area contributed by atoms with Gasteiger partial charge in [0, 0.05) is 5.57 Å². The van der Waals surface area contributed by atoms with Crippen LogP contribution in [-0.4, -0.2) is 10.5 Å². The minimum Gasteiger partial charge on any atom is -0.281 e. The minimum absolute atomic E-state index is 0.227. The van der Waals surface area contributed by atoms with Crippen molar-refractivity contribution in [2.45, 2.75) is 26.2 Å². The zero-order valence-corrected chi connectivity index (χ0v) is 9.94.